The Morgan fingerprint density at radius 2 is 2.25 bits per heavy atom. The monoisotopic (exact) mass is 343 g/mol. The van der Waals surface area contributed by atoms with Crippen LogP contribution < -0.4 is 0 Å². The predicted molar refractivity (Wildman–Crippen MR) is 73.5 cm³/mol. The lowest BCUT2D eigenvalue weighted by Crippen LogP contribution is -2.53. The van der Waals surface area contributed by atoms with Gasteiger partial charge in [0.05, 0.1) is 24.8 Å². The molecule has 1 unspecified atom stereocenters. The number of phenols is 1. The molecule has 0 aliphatic carbocycles. The van der Waals surface area contributed by atoms with Gasteiger partial charge < -0.3 is 19.5 Å². The van der Waals surface area contributed by atoms with E-state index in [2.05, 4.69) is 20.7 Å². The number of nitrogens with zero attached hydrogens (tertiary/aromatic N) is 1. The molecule has 1 fully saturated rings. The summed E-state index contributed by atoms with van der Waals surface area (Å²) in [6.45, 7) is 0.776. The van der Waals surface area contributed by atoms with Crippen molar-refractivity contribution in [3.63, 3.8) is 0 Å². The zero-order valence-electron chi connectivity index (χ0n) is 10.8. The number of morpholine rings is 1. The lowest BCUT2D eigenvalue weighted by molar-refractivity contribution is -0.151. The number of carbonyl (C=O) groups excluding carboxylic acids is 2. The number of methoxy groups -OCH3 is 1. The fourth-order valence-corrected chi connectivity index (χ4v) is 2.24. The van der Waals surface area contributed by atoms with Crippen LogP contribution in [0.3, 0.4) is 0 Å². The molecule has 0 radical (unpaired) electrons. The van der Waals surface area contributed by atoms with Gasteiger partial charge in [0.15, 0.2) is 6.04 Å². The first kappa shape index (κ1) is 14.8. The summed E-state index contributed by atoms with van der Waals surface area (Å²) in [6, 6.07) is 3.76. The molecule has 0 aromatic heterocycles. The molecular formula is C13H14BrNO5. The number of carbonyl (C=O) groups is 2. The molecule has 2 rings (SSSR count). The molecule has 20 heavy (non-hydrogen) atoms. The highest BCUT2D eigenvalue weighted by Gasteiger charge is 2.34. The van der Waals surface area contributed by atoms with E-state index in [1.54, 1.807) is 12.1 Å². The second kappa shape index (κ2) is 6.23. The van der Waals surface area contributed by atoms with Crippen molar-refractivity contribution < 1.29 is 24.2 Å². The van der Waals surface area contributed by atoms with Crippen LogP contribution >= 0.6 is 15.9 Å². The smallest absolute Gasteiger partial charge is 0.331 e. The Morgan fingerprint density at radius 1 is 1.50 bits per heavy atom. The molecule has 6 nitrogen and oxygen atoms in total. The summed E-state index contributed by atoms with van der Waals surface area (Å²) in [4.78, 5) is 25.5. The maximum atomic E-state index is 12.4. The molecule has 1 atom stereocenters. The van der Waals surface area contributed by atoms with E-state index in [0.29, 0.717) is 23.2 Å². The number of halogens is 1. The van der Waals surface area contributed by atoms with Crippen molar-refractivity contribution in [2.75, 3.05) is 26.9 Å². The molecule has 1 aliphatic heterocycles. The molecule has 0 saturated carbocycles. The molecule has 1 aromatic carbocycles. The molecule has 108 valence electrons. The minimum Gasteiger partial charge on any atom is -0.507 e. The van der Waals surface area contributed by atoms with E-state index in [0.717, 1.165) is 0 Å². The standard InChI is InChI=1S/C13H14BrNO5/c1-19-13(18)10-7-20-5-4-15(10)12(17)8-2-3-9(14)11(16)6-8/h2-3,6,10,16H,4-5,7H2,1H3. The van der Waals surface area contributed by atoms with Crippen molar-refractivity contribution in [2.24, 2.45) is 0 Å². The van der Waals surface area contributed by atoms with Crippen molar-refractivity contribution >= 4 is 27.8 Å². The molecule has 1 amide bonds. The zero-order chi connectivity index (χ0) is 14.7. The summed E-state index contributed by atoms with van der Waals surface area (Å²) in [5.74, 6) is -0.885. The lowest BCUT2D eigenvalue weighted by atomic mass is 10.1. The average Bonchev–Trinajstić information content (AvgIpc) is 2.48. The normalized spacial score (nSPS) is 18.7. The number of hydrogen-bond donors (Lipinski definition) is 1. The second-order valence-electron chi connectivity index (χ2n) is 4.28. The third-order valence-corrected chi connectivity index (χ3v) is 3.73. The predicted octanol–water partition coefficient (Wildman–Crippen LogP) is 1.17. The number of rotatable bonds is 2. The highest BCUT2D eigenvalue weighted by atomic mass is 79.9. The molecule has 1 N–H and O–H groups in total. The number of aromatic hydroxyl groups is 1. The van der Waals surface area contributed by atoms with Gasteiger partial charge in [-0.3, -0.25) is 4.79 Å². The Balaban J connectivity index is 2.25. The Hall–Kier alpha value is -1.60. The van der Waals surface area contributed by atoms with Gasteiger partial charge in [-0.15, -0.1) is 0 Å². The first-order valence-corrected chi connectivity index (χ1v) is 6.79. The Labute approximate surface area is 124 Å². The molecule has 7 heteroatoms. The third-order valence-electron chi connectivity index (χ3n) is 3.06. The van der Waals surface area contributed by atoms with Crippen LogP contribution in [0.5, 0.6) is 5.75 Å². The van der Waals surface area contributed by atoms with E-state index >= 15 is 0 Å². The van der Waals surface area contributed by atoms with E-state index in [4.69, 9.17) is 4.74 Å². The van der Waals surface area contributed by atoms with Gasteiger partial charge in [0.2, 0.25) is 0 Å². The second-order valence-corrected chi connectivity index (χ2v) is 5.13. The van der Waals surface area contributed by atoms with Crippen LogP contribution in [0, 0.1) is 0 Å². The number of phenolic OH excluding ortho intramolecular Hbond substituents is 1. The van der Waals surface area contributed by atoms with Crippen LogP contribution in [0.4, 0.5) is 0 Å². The van der Waals surface area contributed by atoms with Gasteiger partial charge >= 0.3 is 5.97 Å². The molecular weight excluding hydrogens is 330 g/mol. The molecule has 1 aromatic rings. The first-order chi connectivity index (χ1) is 9.54. The summed E-state index contributed by atoms with van der Waals surface area (Å²) in [6.07, 6.45) is 0. The number of hydrogen-bond acceptors (Lipinski definition) is 5. The van der Waals surface area contributed by atoms with Gasteiger partial charge in [0.1, 0.15) is 5.75 Å². The van der Waals surface area contributed by atoms with Crippen LogP contribution in [0.1, 0.15) is 10.4 Å². The molecule has 1 aliphatic rings. The topological polar surface area (TPSA) is 76.1 Å². The molecule has 0 spiro atoms. The van der Waals surface area contributed by atoms with E-state index in [9.17, 15) is 14.7 Å². The Bertz CT molecular complexity index is 533. The highest BCUT2D eigenvalue weighted by Crippen LogP contribution is 2.25. The maximum absolute atomic E-state index is 12.4. The summed E-state index contributed by atoms with van der Waals surface area (Å²) < 4.78 is 10.4. The number of ether oxygens (including phenoxy) is 2. The van der Waals surface area contributed by atoms with Gasteiger partial charge in [-0.25, -0.2) is 4.79 Å². The van der Waals surface area contributed by atoms with Crippen LogP contribution in [-0.2, 0) is 14.3 Å². The molecule has 1 heterocycles. The summed E-state index contributed by atoms with van der Waals surface area (Å²) in [7, 11) is 1.27. The van der Waals surface area contributed by atoms with E-state index < -0.39 is 12.0 Å². The summed E-state index contributed by atoms with van der Waals surface area (Å²) in [5.41, 5.74) is 0.307. The van der Waals surface area contributed by atoms with Crippen molar-refractivity contribution in [2.45, 2.75) is 6.04 Å². The molecule has 1 saturated heterocycles. The van der Waals surface area contributed by atoms with E-state index in [-0.39, 0.29) is 18.3 Å². The van der Waals surface area contributed by atoms with Crippen LogP contribution in [0.2, 0.25) is 0 Å². The quantitative estimate of drug-likeness (QED) is 0.815. The summed E-state index contributed by atoms with van der Waals surface area (Å²) in [5, 5.41) is 9.63. The van der Waals surface area contributed by atoms with Crippen molar-refractivity contribution in [1.82, 2.24) is 4.90 Å². The minimum absolute atomic E-state index is 0.0290. The Kier molecular flexibility index (Phi) is 4.61. The van der Waals surface area contributed by atoms with Gasteiger partial charge in [-0.2, -0.15) is 0 Å². The van der Waals surface area contributed by atoms with Gasteiger partial charge in [0.25, 0.3) is 5.91 Å². The minimum atomic E-state index is -0.757. The zero-order valence-corrected chi connectivity index (χ0v) is 12.4. The van der Waals surface area contributed by atoms with E-state index in [1.807, 2.05) is 0 Å². The number of esters is 1. The van der Waals surface area contributed by atoms with Crippen molar-refractivity contribution in [3.8, 4) is 5.75 Å². The fraction of sp³-hybridized carbons (Fsp3) is 0.385. The highest BCUT2D eigenvalue weighted by molar-refractivity contribution is 9.10. The van der Waals surface area contributed by atoms with Gasteiger partial charge in [-0.1, -0.05) is 0 Å². The van der Waals surface area contributed by atoms with Crippen LogP contribution in [-0.4, -0.2) is 54.8 Å². The van der Waals surface area contributed by atoms with Crippen molar-refractivity contribution in [3.05, 3.63) is 28.2 Å². The van der Waals surface area contributed by atoms with Gasteiger partial charge in [0, 0.05) is 12.1 Å². The largest absolute Gasteiger partial charge is 0.507 e. The van der Waals surface area contributed by atoms with Gasteiger partial charge in [-0.05, 0) is 34.1 Å². The Morgan fingerprint density at radius 3 is 2.90 bits per heavy atom. The maximum Gasteiger partial charge on any atom is 0.331 e. The number of amides is 1. The van der Waals surface area contributed by atoms with Crippen molar-refractivity contribution in [1.29, 1.82) is 0 Å². The average molecular weight is 344 g/mol. The van der Waals surface area contributed by atoms with E-state index in [1.165, 1.54) is 18.1 Å². The SMILES string of the molecule is COC(=O)C1COCCN1C(=O)c1ccc(Br)c(O)c1. The van der Waals surface area contributed by atoms with Crippen LogP contribution in [0.15, 0.2) is 22.7 Å². The summed E-state index contributed by atoms with van der Waals surface area (Å²) >= 11 is 3.15. The lowest BCUT2D eigenvalue weighted by Gasteiger charge is -2.33. The first-order valence-electron chi connectivity index (χ1n) is 5.99. The fourth-order valence-electron chi connectivity index (χ4n) is 1.99. The molecule has 0 bridgehead atoms. The van der Waals surface area contributed by atoms with Crippen LogP contribution in [0.25, 0.3) is 0 Å². The third kappa shape index (κ3) is 2.94. The number of benzene rings is 1.